The van der Waals surface area contributed by atoms with Crippen molar-refractivity contribution in [1.82, 2.24) is 0 Å². The Labute approximate surface area is 118 Å². The Morgan fingerprint density at radius 1 is 1.00 bits per heavy atom. The van der Waals surface area contributed by atoms with Gasteiger partial charge in [-0.1, -0.05) is 12.1 Å². The second kappa shape index (κ2) is 5.78. The van der Waals surface area contributed by atoms with Gasteiger partial charge in [-0.3, -0.25) is 25.2 Å². The molecular formula is C13H10N4O4. The Kier molecular flexibility index (Phi) is 3.89. The topological polar surface area (TPSA) is 125 Å². The first kappa shape index (κ1) is 14.1. The first-order valence-corrected chi connectivity index (χ1v) is 5.80. The van der Waals surface area contributed by atoms with Crippen LogP contribution in [0.3, 0.4) is 0 Å². The molecule has 8 heteroatoms. The molecular weight excluding hydrogens is 276 g/mol. The lowest BCUT2D eigenvalue weighted by Crippen LogP contribution is -1.92. The van der Waals surface area contributed by atoms with Gasteiger partial charge in [0.25, 0.3) is 11.4 Å². The summed E-state index contributed by atoms with van der Waals surface area (Å²) < 4.78 is 0. The Bertz CT molecular complexity index is 743. The fraction of sp³-hybridized carbons (Fsp3) is 0. The number of rotatable bonds is 4. The number of nitrogens with zero attached hydrogens (tertiary/aromatic N) is 3. The maximum atomic E-state index is 10.7. The zero-order chi connectivity index (χ0) is 15.4. The molecule has 106 valence electrons. The summed E-state index contributed by atoms with van der Waals surface area (Å²) >= 11 is 0. The molecule has 0 radical (unpaired) electrons. The van der Waals surface area contributed by atoms with Crippen LogP contribution in [-0.4, -0.2) is 16.1 Å². The molecule has 0 heterocycles. The van der Waals surface area contributed by atoms with Crippen molar-refractivity contribution in [3.8, 4) is 0 Å². The summed E-state index contributed by atoms with van der Waals surface area (Å²) in [6.45, 7) is 0. The van der Waals surface area contributed by atoms with E-state index in [2.05, 4.69) is 4.99 Å². The van der Waals surface area contributed by atoms with Crippen LogP contribution in [0.1, 0.15) is 5.56 Å². The minimum Gasteiger partial charge on any atom is -0.397 e. The van der Waals surface area contributed by atoms with Crippen LogP contribution in [0.15, 0.2) is 47.5 Å². The summed E-state index contributed by atoms with van der Waals surface area (Å²) in [7, 11) is 0. The van der Waals surface area contributed by atoms with Crippen LogP contribution in [0, 0.1) is 20.2 Å². The van der Waals surface area contributed by atoms with E-state index in [9.17, 15) is 20.2 Å². The largest absolute Gasteiger partial charge is 0.397 e. The molecule has 21 heavy (non-hydrogen) atoms. The third-order valence-electron chi connectivity index (χ3n) is 2.66. The van der Waals surface area contributed by atoms with Gasteiger partial charge in [0, 0.05) is 30.5 Å². The molecule has 0 aliphatic rings. The van der Waals surface area contributed by atoms with E-state index in [-0.39, 0.29) is 22.7 Å². The molecule has 0 saturated heterocycles. The van der Waals surface area contributed by atoms with E-state index >= 15 is 0 Å². The molecule has 2 aromatic rings. The highest BCUT2D eigenvalue weighted by Gasteiger charge is 2.08. The molecule has 0 spiro atoms. The number of aliphatic imine (C=N–C) groups is 1. The van der Waals surface area contributed by atoms with Gasteiger partial charge in [-0.2, -0.15) is 0 Å². The average molecular weight is 286 g/mol. The van der Waals surface area contributed by atoms with Crippen molar-refractivity contribution >= 4 is 29.0 Å². The van der Waals surface area contributed by atoms with E-state index < -0.39 is 9.85 Å². The summed E-state index contributed by atoms with van der Waals surface area (Å²) in [6.07, 6.45) is 1.36. The Morgan fingerprint density at radius 2 is 1.67 bits per heavy atom. The first-order valence-electron chi connectivity index (χ1n) is 5.80. The van der Waals surface area contributed by atoms with Crippen molar-refractivity contribution in [2.24, 2.45) is 4.99 Å². The molecule has 0 saturated carbocycles. The fourth-order valence-corrected chi connectivity index (χ4v) is 1.62. The predicted molar refractivity (Wildman–Crippen MR) is 77.9 cm³/mol. The molecule has 0 aliphatic heterocycles. The van der Waals surface area contributed by atoms with Crippen molar-refractivity contribution in [2.75, 3.05) is 5.73 Å². The van der Waals surface area contributed by atoms with Crippen LogP contribution in [0.5, 0.6) is 0 Å². The standard InChI is InChI=1S/C13H10N4O4/c14-12-5-4-11(17(20)21)7-13(12)15-8-9-2-1-3-10(6-9)16(18)19/h1-8H,14H2. The van der Waals surface area contributed by atoms with Gasteiger partial charge in [0.1, 0.15) is 0 Å². The zero-order valence-corrected chi connectivity index (χ0v) is 10.7. The molecule has 0 aromatic heterocycles. The Morgan fingerprint density at radius 3 is 2.33 bits per heavy atom. The molecule has 0 amide bonds. The van der Waals surface area contributed by atoms with Crippen LogP contribution in [0.25, 0.3) is 0 Å². The van der Waals surface area contributed by atoms with Gasteiger partial charge in [0.2, 0.25) is 0 Å². The lowest BCUT2D eigenvalue weighted by Gasteiger charge is -2.00. The van der Waals surface area contributed by atoms with Crippen molar-refractivity contribution in [3.05, 3.63) is 68.3 Å². The molecule has 8 nitrogen and oxygen atoms in total. The quantitative estimate of drug-likeness (QED) is 0.400. The van der Waals surface area contributed by atoms with E-state index in [1.807, 2.05) is 0 Å². The van der Waals surface area contributed by atoms with E-state index in [0.717, 1.165) is 0 Å². The number of nitro benzene ring substituents is 2. The molecule has 2 rings (SSSR count). The van der Waals surface area contributed by atoms with Crippen molar-refractivity contribution < 1.29 is 9.85 Å². The smallest absolute Gasteiger partial charge is 0.271 e. The first-order chi connectivity index (χ1) is 9.97. The predicted octanol–water partition coefficient (Wildman–Crippen LogP) is 2.84. The highest BCUT2D eigenvalue weighted by atomic mass is 16.6. The van der Waals surface area contributed by atoms with Gasteiger partial charge in [-0.15, -0.1) is 0 Å². The van der Waals surface area contributed by atoms with Crippen LogP contribution in [0.4, 0.5) is 22.7 Å². The zero-order valence-electron chi connectivity index (χ0n) is 10.7. The third kappa shape index (κ3) is 3.38. The van der Waals surface area contributed by atoms with Gasteiger partial charge < -0.3 is 5.73 Å². The summed E-state index contributed by atoms with van der Waals surface area (Å²) in [6, 6.07) is 9.76. The number of benzene rings is 2. The number of nitrogens with two attached hydrogens (primary N) is 1. The average Bonchev–Trinajstić information content (AvgIpc) is 2.46. The monoisotopic (exact) mass is 286 g/mol. The van der Waals surface area contributed by atoms with Gasteiger partial charge >= 0.3 is 0 Å². The van der Waals surface area contributed by atoms with E-state index in [4.69, 9.17) is 5.73 Å². The second-order valence-corrected chi connectivity index (χ2v) is 4.11. The fourth-order valence-electron chi connectivity index (χ4n) is 1.62. The molecule has 0 aliphatic carbocycles. The van der Waals surface area contributed by atoms with Gasteiger partial charge in [0.15, 0.2) is 0 Å². The minimum atomic E-state index is -0.550. The summed E-state index contributed by atoms with van der Waals surface area (Å²) in [5, 5.41) is 21.4. The SMILES string of the molecule is Nc1ccc([N+](=O)[O-])cc1N=Cc1cccc([N+](=O)[O-])c1. The van der Waals surface area contributed by atoms with E-state index in [1.165, 1.54) is 42.6 Å². The van der Waals surface area contributed by atoms with E-state index in [0.29, 0.717) is 5.56 Å². The Hall–Kier alpha value is -3.29. The van der Waals surface area contributed by atoms with Crippen LogP contribution < -0.4 is 5.73 Å². The number of anilines is 1. The van der Waals surface area contributed by atoms with Crippen LogP contribution >= 0.6 is 0 Å². The molecule has 0 fully saturated rings. The maximum Gasteiger partial charge on any atom is 0.271 e. The van der Waals surface area contributed by atoms with Gasteiger partial charge in [-0.25, -0.2) is 0 Å². The number of non-ortho nitro benzene ring substituents is 2. The molecule has 0 bridgehead atoms. The highest BCUT2D eigenvalue weighted by molar-refractivity contribution is 5.85. The second-order valence-electron chi connectivity index (χ2n) is 4.11. The number of nitrogen functional groups attached to an aromatic ring is 1. The molecule has 0 unspecified atom stereocenters. The lowest BCUT2D eigenvalue weighted by molar-refractivity contribution is -0.385. The molecule has 2 N–H and O–H groups in total. The highest BCUT2D eigenvalue weighted by Crippen LogP contribution is 2.27. The van der Waals surface area contributed by atoms with E-state index in [1.54, 1.807) is 6.07 Å². The Balaban J connectivity index is 2.33. The lowest BCUT2D eigenvalue weighted by atomic mass is 10.2. The minimum absolute atomic E-state index is 0.0639. The van der Waals surface area contributed by atoms with Crippen molar-refractivity contribution in [3.63, 3.8) is 0 Å². The van der Waals surface area contributed by atoms with Crippen molar-refractivity contribution in [1.29, 1.82) is 0 Å². The number of hydrogen-bond donors (Lipinski definition) is 1. The summed E-state index contributed by atoms with van der Waals surface area (Å²) in [5.41, 5.74) is 6.50. The number of hydrogen-bond acceptors (Lipinski definition) is 6. The van der Waals surface area contributed by atoms with Crippen molar-refractivity contribution in [2.45, 2.75) is 0 Å². The molecule has 2 aromatic carbocycles. The normalized spacial score (nSPS) is 10.7. The summed E-state index contributed by atoms with van der Waals surface area (Å²) in [4.78, 5) is 24.3. The van der Waals surface area contributed by atoms with Gasteiger partial charge in [-0.05, 0) is 11.6 Å². The van der Waals surface area contributed by atoms with Crippen LogP contribution in [0.2, 0.25) is 0 Å². The maximum absolute atomic E-state index is 10.7. The van der Waals surface area contributed by atoms with Gasteiger partial charge in [0.05, 0.1) is 21.2 Å². The third-order valence-corrected chi connectivity index (χ3v) is 2.66. The number of nitro groups is 2. The summed E-state index contributed by atoms with van der Waals surface area (Å²) in [5.74, 6) is 0. The van der Waals surface area contributed by atoms with Crippen LogP contribution in [-0.2, 0) is 0 Å². The molecule has 0 atom stereocenters.